The van der Waals surface area contributed by atoms with Crippen LogP contribution in [-0.4, -0.2) is 40.8 Å². The number of carboxylic acids is 1. The van der Waals surface area contributed by atoms with E-state index < -0.39 is 5.97 Å². The zero-order valence-electron chi connectivity index (χ0n) is 10.2. The molecule has 0 bridgehead atoms. The molecule has 0 saturated carbocycles. The van der Waals surface area contributed by atoms with E-state index >= 15 is 0 Å². The van der Waals surface area contributed by atoms with E-state index in [0.29, 0.717) is 18.5 Å². The Morgan fingerprint density at radius 2 is 2.29 bits per heavy atom. The van der Waals surface area contributed by atoms with Gasteiger partial charge in [0.25, 0.3) is 0 Å². The molecule has 6 heteroatoms. The molecule has 0 saturated heterocycles. The summed E-state index contributed by atoms with van der Waals surface area (Å²) >= 11 is 0. The lowest BCUT2D eigenvalue weighted by Crippen LogP contribution is -2.31. The molecular formula is C11H17N3O3. The second-order valence-corrected chi connectivity index (χ2v) is 4.02. The zero-order valence-corrected chi connectivity index (χ0v) is 10.2. The number of hydrogen-bond donors (Lipinski definition) is 2. The van der Waals surface area contributed by atoms with Crippen molar-refractivity contribution in [1.82, 2.24) is 9.97 Å². The molecular weight excluding hydrogens is 222 g/mol. The first-order valence-electron chi connectivity index (χ1n) is 5.36. The van der Waals surface area contributed by atoms with Crippen LogP contribution in [0.3, 0.4) is 0 Å². The zero-order chi connectivity index (χ0) is 12.8. The van der Waals surface area contributed by atoms with E-state index in [1.165, 1.54) is 12.3 Å². The van der Waals surface area contributed by atoms with E-state index in [2.05, 4.69) is 15.3 Å². The molecule has 0 aliphatic heterocycles. The lowest BCUT2D eigenvalue weighted by molar-refractivity contribution is 0.0690. The smallest absolute Gasteiger partial charge is 0.354 e. The molecule has 1 heterocycles. The van der Waals surface area contributed by atoms with E-state index in [9.17, 15) is 4.79 Å². The van der Waals surface area contributed by atoms with Gasteiger partial charge in [0.05, 0.1) is 12.6 Å². The predicted octanol–water partition coefficient (Wildman–Crippen LogP) is 1.26. The minimum atomic E-state index is -1.07. The highest BCUT2D eigenvalue weighted by atomic mass is 16.5. The molecule has 1 unspecified atom stereocenters. The highest BCUT2D eigenvalue weighted by molar-refractivity contribution is 5.85. The molecule has 0 aliphatic carbocycles. The SMILES string of the molecule is COCC(Nc1nccc(C(=O)O)n1)C(C)C. The standard InChI is InChI=1S/C11H17N3O3/c1-7(2)9(6-17-3)14-11-12-5-4-8(13-11)10(15)16/h4-5,7,9H,6H2,1-3H3,(H,15,16)(H,12,13,14). The van der Waals surface area contributed by atoms with Crippen LogP contribution in [0.15, 0.2) is 12.3 Å². The third-order valence-electron chi connectivity index (χ3n) is 2.34. The van der Waals surface area contributed by atoms with Crippen LogP contribution in [-0.2, 0) is 4.74 Å². The number of carbonyl (C=O) groups is 1. The summed E-state index contributed by atoms with van der Waals surface area (Å²) in [6, 6.07) is 1.40. The molecule has 0 spiro atoms. The largest absolute Gasteiger partial charge is 0.477 e. The van der Waals surface area contributed by atoms with Gasteiger partial charge in [-0.2, -0.15) is 0 Å². The number of aromatic carboxylic acids is 1. The lowest BCUT2D eigenvalue weighted by Gasteiger charge is -2.21. The minimum absolute atomic E-state index is 0.0255. The molecule has 2 N–H and O–H groups in total. The molecule has 6 nitrogen and oxygen atoms in total. The number of aromatic nitrogens is 2. The van der Waals surface area contributed by atoms with Gasteiger partial charge in [-0.15, -0.1) is 0 Å². The van der Waals surface area contributed by atoms with Crippen LogP contribution >= 0.6 is 0 Å². The van der Waals surface area contributed by atoms with Crippen molar-refractivity contribution in [2.75, 3.05) is 19.0 Å². The van der Waals surface area contributed by atoms with Gasteiger partial charge in [-0.05, 0) is 12.0 Å². The van der Waals surface area contributed by atoms with Gasteiger partial charge in [-0.1, -0.05) is 13.8 Å². The fraction of sp³-hybridized carbons (Fsp3) is 0.545. The fourth-order valence-corrected chi connectivity index (χ4v) is 1.29. The first-order chi connectivity index (χ1) is 8.04. The Bertz CT molecular complexity index is 382. The summed E-state index contributed by atoms with van der Waals surface area (Å²) in [4.78, 5) is 18.6. The topological polar surface area (TPSA) is 84.3 Å². The summed E-state index contributed by atoms with van der Waals surface area (Å²) in [5.74, 6) is -0.434. The second kappa shape index (κ2) is 6.15. The van der Waals surface area contributed by atoms with E-state index in [1.54, 1.807) is 7.11 Å². The van der Waals surface area contributed by atoms with Crippen LogP contribution in [0.1, 0.15) is 24.3 Å². The third-order valence-corrected chi connectivity index (χ3v) is 2.34. The predicted molar refractivity (Wildman–Crippen MR) is 63.1 cm³/mol. The summed E-state index contributed by atoms with van der Waals surface area (Å²) in [6.45, 7) is 4.59. The number of methoxy groups -OCH3 is 1. The van der Waals surface area contributed by atoms with Gasteiger partial charge in [-0.25, -0.2) is 14.8 Å². The van der Waals surface area contributed by atoms with Crippen molar-refractivity contribution in [3.63, 3.8) is 0 Å². The average Bonchev–Trinajstić information content (AvgIpc) is 2.28. The average molecular weight is 239 g/mol. The number of anilines is 1. The normalized spacial score (nSPS) is 12.5. The van der Waals surface area contributed by atoms with E-state index in [1.807, 2.05) is 13.8 Å². The fourth-order valence-electron chi connectivity index (χ4n) is 1.29. The number of rotatable bonds is 6. The van der Waals surface area contributed by atoms with Gasteiger partial charge in [0.2, 0.25) is 5.95 Å². The Kier molecular flexibility index (Phi) is 4.84. The van der Waals surface area contributed by atoms with Crippen LogP contribution < -0.4 is 5.32 Å². The molecule has 1 aromatic heterocycles. The maximum Gasteiger partial charge on any atom is 0.354 e. The molecule has 0 radical (unpaired) electrons. The van der Waals surface area contributed by atoms with Gasteiger partial charge < -0.3 is 15.2 Å². The maximum atomic E-state index is 10.8. The second-order valence-electron chi connectivity index (χ2n) is 4.02. The summed E-state index contributed by atoms with van der Waals surface area (Å²) in [5, 5.41) is 11.9. The molecule has 1 aromatic rings. The summed E-state index contributed by atoms with van der Waals surface area (Å²) in [7, 11) is 1.62. The number of nitrogens with one attached hydrogen (secondary N) is 1. The first kappa shape index (κ1) is 13.4. The molecule has 0 fully saturated rings. The van der Waals surface area contributed by atoms with Crippen molar-refractivity contribution in [2.24, 2.45) is 5.92 Å². The molecule has 0 aliphatic rings. The van der Waals surface area contributed by atoms with Gasteiger partial charge in [0.1, 0.15) is 0 Å². The molecule has 1 rings (SSSR count). The number of hydrogen-bond acceptors (Lipinski definition) is 5. The van der Waals surface area contributed by atoms with Crippen molar-refractivity contribution in [1.29, 1.82) is 0 Å². The minimum Gasteiger partial charge on any atom is -0.477 e. The van der Waals surface area contributed by atoms with Crippen molar-refractivity contribution >= 4 is 11.9 Å². The van der Waals surface area contributed by atoms with Gasteiger partial charge in [0.15, 0.2) is 5.69 Å². The number of ether oxygens (including phenoxy) is 1. The Morgan fingerprint density at radius 1 is 1.59 bits per heavy atom. The quantitative estimate of drug-likeness (QED) is 0.777. The Morgan fingerprint density at radius 3 is 2.82 bits per heavy atom. The highest BCUT2D eigenvalue weighted by Crippen LogP contribution is 2.09. The first-order valence-corrected chi connectivity index (χ1v) is 5.36. The van der Waals surface area contributed by atoms with Gasteiger partial charge >= 0.3 is 5.97 Å². The van der Waals surface area contributed by atoms with E-state index in [-0.39, 0.29) is 11.7 Å². The maximum absolute atomic E-state index is 10.8. The van der Waals surface area contributed by atoms with Crippen LogP contribution in [0, 0.1) is 5.92 Å². The Balaban J connectivity index is 2.78. The molecule has 94 valence electrons. The highest BCUT2D eigenvalue weighted by Gasteiger charge is 2.15. The van der Waals surface area contributed by atoms with Crippen LogP contribution in [0.4, 0.5) is 5.95 Å². The summed E-state index contributed by atoms with van der Waals surface area (Å²) in [5.41, 5.74) is -0.0255. The van der Waals surface area contributed by atoms with E-state index in [0.717, 1.165) is 0 Å². The van der Waals surface area contributed by atoms with Gasteiger partial charge in [0, 0.05) is 13.3 Å². The molecule has 0 aromatic carbocycles. The monoisotopic (exact) mass is 239 g/mol. The Labute approximate surface area is 100 Å². The number of carboxylic acid groups (broad SMARTS) is 1. The van der Waals surface area contributed by atoms with E-state index in [4.69, 9.17) is 9.84 Å². The summed E-state index contributed by atoms with van der Waals surface area (Å²) in [6.07, 6.45) is 1.42. The van der Waals surface area contributed by atoms with Gasteiger partial charge in [-0.3, -0.25) is 0 Å². The van der Waals surface area contributed by atoms with Crippen molar-refractivity contribution in [3.8, 4) is 0 Å². The van der Waals surface area contributed by atoms with Crippen molar-refractivity contribution < 1.29 is 14.6 Å². The third kappa shape index (κ3) is 3.99. The molecule has 17 heavy (non-hydrogen) atoms. The molecule has 0 amide bonds. The Hall–Kier alpha value is -1.69. The van der Waals surface area contributed by atoms with Crippen LogP contribution in [0.5, 0.6) is 0 Å². The van der Waals surface area contributed by atoms with Crippen LogP contribution in [0.25, 0.3) is 0 Å². The summed E-state index contributed by atoms with van der Waals surface area (Å²) < 4.78 is 5.08. The number of nitrogens with zero attached hydrogens (tertiary/aromatic N) is 2. The van der Waals surface area contributed by atoms with Crippen molar-refractivity contribution in [3.05, 3.63) is 18.0 Å². The molecule has 1 atom stereocenters. The van der Waals surface area contributed by atoms with Crippen LogP contribution in [0.2, 0.25) is 0 Å². The van der Waals surface area contributed by atoms with Crippen molar-refractivity contribution in [2.45, 2.75) is 19.9 Å². The lowest BCUT2D eigenvalue weighted by atomic mass is 10.1.